The van der Waals surface area contributed by atoms with Crippen LogP contribution in [0.15, 0.2) is 23.2 Å². The van der Waals surface area contributed by atoms with E-state index in [0.29, 0.717) is 5.92 Å². The minimum Gasteiger partial charge on any atom is -0.257 e. The number of aliphatic imine (C=N–C) groups is 1. The van der Waals surface area contributed by atoms with Gasteiger partial charge in [-0.2, -0.15) is 0 Å². The van der Waals surface area contributed by atoms with Gasteiger partial charge in [0.05, 0.1) is 5.69 Å². The number of hydrogen-bond donors (Lipinski definition) is 0. The van der Waals surface area contributed by atoms with Crippen molar-refractivity contribution in [3.63, 3.8) is 0 Å². The highest BCUT2D eigenvalue weighted by Crippen LogP contribution is 2.43. The summed E-state index contributed by atoms with van der Waals surface area (Å²) in [7, 11) is 0. The monoisotopic (exact) mass is 201 g/mol. The Labute approximate surface area is 92.2 Å². The van der Waals surface area contributed by atoms with Crippen molar-refractivity contribution in [1.29, 1.82) is 0 Å². The van der Waals surface area contributed by atoms with Gasteiger partial charge in [-0.15, -0.1) is 0 Å². The average Bonchev–Trinajstić information content (AvgIpc) is 2.38. The highest BCUT2D eigenvalue weighted by atomic mass is 14.8. The van der Waals surface area contributed by atoms with Crippen molar-refractivity contribution in [2.75, 3.05) is 0 Å². The molecule has 0 N–H and O–H groups in total. The molecule has 0 bridgehead atoms. The first-order valence-electron chi connectivity index (χ1n) is 5.63. The van der Waals surface area contributed by atoms with Gasteiger partial charge in [-0.05, 0) is 30.0 Å². The second kappa shape index (κ2) is 3.19. The summed E-state index contributed by atoms with van der Waals surface area (Å²) in [6.45, 7) is 11.2. The van der Waals surface area contributed by atoms with Crippen molar-refractivity contribution >= 4 is 11.4 Å². The van der Waals surface area contributed by atoms with Gasteiger partial charge in [0, 0.05) is 11.1 Å². The second-order valence-electron chi connectivity index (χ2n) is 5.22. The average molecular weight is 201 g/mol. The van der Waals surface area contributed by atoms with Crippen LogP contribution in [0.4, 0.5) is 5.69 Å². The van der Waals surface area contributed by atoms with Crippen LogP contribution in [0.25, 0.3) is 0 Å². The van der Waals surface area contributed by atoms with Crippen LogP contribution in [0.1, 0.15) is 51.7 Å². The van der Waals surface area contributed by atoms with E-state index in [4.69, 9.17) is 0 Å². The molecule has 0 atom stereocenters. The maximum Gasteiger partial charge on any atom is 0.0673 e. The Hall–Kier alpha value is -1.11. The van der Waals surface area contributed by atoms with E-state index in [0.717, 1.165) is 0 Å². The Morgan fingerprint density at radius 3 is 2.47 bits per heavy atom. The van der Waals surface area contributed by atoms with Gasteiger partial charge in [0.25, 0.3) is 0 Å². The topological polar surface area (TPSA) is 12.4 Å². The summed E-state index contributed by atoms with van der Waals surface area (Å²) < 4.78 is 0. The van der Waals surface area contributed by atoms with Gasteiger partial charge in [0.1, 0.15) is 0 Å². The van der Waals surface area contributed by atoms with E-state index in [2.05, 4.69) is 57.8 Å². The molecule has 15 heavy (non-hydrogen) atoms. The molecular weight excluding hydrogens is 182 g/mol. The second-order valence-corrected chi connectivity index (χ2v) is 5.22. The Balaban J connectivity index is 2.67. The molecule has 0 saturated heterocycles. The zero-order chi connectivity index (χ0) is 11.2. The minimum absolute atomic E-state index is 0.107. The molecule has 0 saturated carbocycles. The lowest BCUT2D eigenvalue weighted by atomic mass is 9.77. The Kier molecular flexibility index (Phi) is 2.22. The van der Waals surface area contributed by atoms with E-state index >= 15 is 0 Å². The third-order valence-electron chi connectivity index (χ3n) is 3.51. The first-order chi connectivity index (χ1) is 6.94. The molecule has 0 spiro atoms. The summed E-state index contributed by atoms with van der Waals surface area (Å²) >= 11 is 0. The molecule has 1 aliphatic heterocycles. The molecular formula is C14H19N. The van der Waals surface area contributed by atoms with Crippen LogP contribution in [0.2, 0.25) is 0 Å². The number of hydrogen-bond acceptors (Lipinski definition) is 1. The first kappa shape index (κ1) is 10.4. The molecule has 1 nitrogen and oxygen atoms in total. The van der Waals surface area contributed by atoms with Gasteiger partial charge in [0.15, 0.2) is 0 Å². The number of fused-ring (bicyclic) bond motifs is 1. The van der Waals surface area contributed by atoms with Crippen molar-refractivity contribution in [2.24, 2.45) is 4.99 Å². The zero-order valence-corrected chi connectivity index (χ0v) is 10.3. The Morgan fingerprint density at radius 1 is 1.20 bits per heavy atom. The summed E-state index contributed by atoms with van der Waals surface area (Å²) in [6, 6.07) is 6.48. The predicted octanol–water partition coefficient (Wildman–Crippen LogP) is 4.19. The van der Waals surface area contributed by atoms with Gasteiger partial charge < -0.3 is 0 Å². The fourth-order valence-corrected chi connectivity index (χ4v) is 2.31. The molecule has 1 heteroatoms. The molecule has 0 aromatic heterocycles. The highest BCUT2D eigenvalue weighted by Gasteiger charge is 2.34. The fraction of sp³-hybridized carbons (Fsp3) is 0.500. The lowest BCUT2D eigenvalue weighted by Gasteiger charge is -2.24. The summed E-state index contributed by atoms with van der Waals surface area (Å²) in [5.74, 6) is 0.570. The zero-order valence-electron chi connectivity index (χ0n) is 10.3. The fourth-order valence-electron chi connectivity index (χ4n) is 2.31. The van der Waals surface area contributed by atoms with Gasteiger partial charge in [-0.1, -0.05) is 39.8 Å². The van der Waals surface area contributed by atoms with Crippen molar-refractivity contribution in [3.05, 3.63) is 29.3 Å². The van der Waals surface area contributed by atoms with Gasteiger partial charge in [-0.25, -0.2) is 0 Å². The third kappa shape index (κ3) is 1.41. The molecule has 80 valence electrons. The van der Waals surface area contributed by atoms with Crippen LogP contribution in [0.3, 0.4) is 0 Å². The number of benzene rings is 1. The molecule has 0 aliphatic carbocycles. The Morgan fingerprint density at radius 2 is 1.87 bits per heavy atom. The number of rotatable bonds is 1. The Bertz CT molecular complexity index is 425. The maximum atomic E-state index is 4.66. The largest absolute Gasteiger partial charge is 0.257 e. The minimum atomic E-state index is 0.107. The highest BCUT2D eigenvalue weighted by molar-refractivity contribution is 6.00. The SMILES string of the molecule is CC1=Nc2cccc(C(C)C)c2C1(C)C. The van der Waals surface area contributed by atoms with E-state index in [1.165, 1.54) is 22.5 Å². The van der Waals surface area contributed by atoms with E-state index in [-0.39, 0.29) is 5.41 Å². The van der Waals surface area contributed by atoms with Gasteiger partial charge in [0.2, 0.25) is 0 Å². The van der Waals surface area contributed by atoms with E-state index < -0.39 is 0 Å². The van der Waals surface area contributed by atoms with Crippen molar-refractivity contribution < 1.29 is 0 Å². The first-order valence-corrected chi connectivity index (χ1v) is 5.63. The van der Waals surface area contributed by atoms with E-state index in [1.807, 2.05) is 0 Å². The van der Waals surface area contributed by atoms with Crippen LogP contribution in [0.5, 0.6) is 0 Å². The van der Waals surface area contributed by atoms with Crippen molar-refractivity contribution in [2.45, 2.75) is 46.0 Å². The normalized spacial score (nSPS) is 17.9. The molecule has 0 fully saturated rings. The standard InChI is InChI=1S/C14H19N/c1-9(2)11-7-6-8-12-13(11)14(4,5)10(3)15-12/h6-9H,1-5H3. The van der Waals surface area contributed by atoms with Gasteiger partial charge in [-0.3, -0.25) is 4.99 Å². The predicted molar refractivity (Wildman–Crippen MR) is 66.3 cm³/mol. The van der Waals surface area contributed by atoms with E-state index in [9.17, 15) is 0 Å². The van der Waals surface area contributed by atoms with Crippen LogP contribution in [0, 0.1) is 0 Å². The van der Waals surface area contributed by atoms with Crippen molar-refractivity contribution in [1.82, 2.24) is 0 Å². The third-order valence-corrected chi connectivity index (χ3v) is 3.51. The molecule has 1 aliphatic rings. The molecule has 1 aromatic carbocycles. The van der Waals surface area contributed by atoms with Crippen LogP contribution >= 0.6 is 0 Å². The smallest absolute Gasteiger partial charge is 0.0673 e. The molecule has 1 heterocycles. The van der Waals surface area contributed by atoms with Crippen LogP contribution < -0.4 is 0 Å². The molecule has 0 amide bonds. The number of nitrogens with zero attached hydrogens (tertiary/aromatic N) is 1. The van der Waals surface area contributed by atoms with Crippen LogP contribution in [-0.4, -0.2) is 5.71 Å². The molecule has 0 unspecified atom stereocenters. The lowest BCUT2D eigenvalue weighted by molar-refractivity contribution is 0.705. The lowest BCUT2D eigenvalue weighted by Crippen LogP contribution is -2.24. The summed E-state index contributed by atoms with van der Waals surface area (Å²) in [4.78, 5) is 4.66. The summed E-state index contributed by atoms with van der Waals surface area (Å²) in [6.07, 6.45) is 0. The van der Waals surface area contributed by atoms with Crippen LogP contribution in [-0.2, 0) is 5.41 Å². The molecule has 0 radical (unpaired) electrons. The summed E-state index contributed by atoms with van der Waals surface area (Å²) in [5, 5.41) is 0. The quantitative estimate of drug-likeness (QED) is 0.646. The van der Waals surface area contributed by atoms with Crippen molar-refractivity contribution in [3.8, 4) is 0 Å². The van der Waals surface area contributed by atoms with Gasteiger partial charge >= 0.3 is 0 Å². The summed E-state index contributed by atoms with van der Waals surface area (Å²) in [5.41, 5.74) is 5.38. The van der Waals surface area contributed by atoms with E-state index in [1.54, 1.807) is 0 Å². The maximum absolute atomic E-state index is 4.66. The molecule has 2 rings (SSSR count). The molecule has 1 aromatic rings.